The summed E-state index contributed by atoms with van der Waals surface area (Å²) in [5.41, 5.74) is -0.858. The highest BCUT2D eigenvalue weighted by Gasteiger charge is 2.62. The summed E-state index contributed by atoms with van der Waals surface area (Å²) in [7, 11) is 0. The summed E-state index contributed by atoms with van der Waals surface area (Å²) in [5, 5.41) is 0. The third kappa shape index (κ3) is 4.42. The van der Waals surface area contributed by atoms with Gasteiger partial charge in [-0.3, -0.25) is 0 Å². The first kappa shape index (κ1) is 17.9. The van der Waals surface area contributed by atoms with Gasteiger partial charge in [0.1, 0.15) is 0 Å². The number of benzene rings is 1. The number of hydrogen-bond acceptors (Lipinski definition) is 0. The lowest BCUT2D eigenvalue weighted by molar-refractivity contribution is -0.247. The van der Waals surface area contributed by atoms with E-state index in [0.717, 1.165) is 31.4 Å². The molecule has 0 aliphatic carbocycles. The Hall–Kier alpha value is -1.13. The van der Waals surface area contributed by atoms with Crippen LogP contribution in [0.1, 0.15) is 51.0 Å². The van der Waals surface area contributed by atoms with Gasteiger partial charge in [-0.25, -0.2) is 4.39 Å². The highest BCUT2D eigenvalue weighted by atomic mass is 19.3. The first-order chi connectivity index (χ1) is 9.84. The van der Waals surface area contributed by atoms with Crippen LogP contribution in [0.3, 0.4) is 0 Å². The van der Waals surface area contributed by atoms with Crippen molar-refractivity contribution in [3.8, 4) is 0 Å². The van der Waals surface area contributed by atoms with Gasteiger partial charge >= 0.3 is 11.8 Å². The molecule has 0 spiro atoms. The standard InChI is InChI=1S/C16H21F5/c1-2-3-4-5-9-12-14(17)16(20,21)15(18,19)13-10-7-6-8-11-13/h6-8,10-11,14H,2-5,9,12H2,1H3. The number of alkyl halides is 5. The van der Waals surface area contributed by atoms with Crippen molar-refractivity contribution in [2.75, 3.05) is 0 Å². The molecule has 0 fully saturated rings. The fraction of sp³-hybridized carbons (Fsp3) is 0.625. The van der Waals surface area contributed by atoms with E-state index in [0.29, 0.717) is 6.42 Å². The molecular formula is C16H21F5. The molecule has 21 heavy (non-hydrogen) atoms. The van der Waals surface area contributed by atoms with Gasteiger partial charge in [0, 0.05) is 5.56 Å². The molecule has 0 nitrogen and oxygen atoms in total. The molecule has 0 N–H and O–H groups in total. The normalized spacial score (nSPS) is 14.2. The van der Waals surface area contributed by atoms with Crippen molar-refractivity contribution in [3.63, 3.8) is 0 Å². The Morgan fingerprint density at radius 2 is 1.48 bits per heavy atom. The number of rotatable bonds is 9. The number of unbranched alkanes of at least 4 members (excludes halogenated alkanes) is 4. The maximum atomic E-state index is 13.8. The maximum Gasteiger partial charge on any atom is 0.344 e. The van der Waals surface area contributed by atoms with E-state index in [1.54, 1.807) is 0 Å². The summed E-state index contributed by atoms with van der Waals surface area (Å²) >= 11 is 0. The minimum atomic E-state index is -4.70. The van der Waals surface area contributed by atoms with Crippen LogP contribution in [0.2, 0.25) is 0 Å². The molecule has 0 saturated heterocycles. The molecule has 0 aliphatic heterocycles. The van der Waals surface area contributed by atoms with E-state index >= 15 is 0 Å². The second-order valence-electron chi connectivity index (χ2n) is 5.23. The molecule has 0 aromatic heterocycles. The van der Waals surface area contributed by atoms with E-state index in [1.165, 1.54) is 18.2 Å². The molecular weight excluding hydrogens is 287 g/mol. The van der Waals surface area contributed by atoms with Crippen molar-refractivity contribution in [1.82, 2.24) is 0 Å². The van der Waals surface area contributed by atoms with Crippen LogP contribution in [0.5, 0.6) is 0 Å². The Bertz CT molecular complexity index is 402. The molecule has 120 valence electrons. The Balaban J connectivity index is 2.65. The van der Waals surface area contributed by atoms with Gasteiger partial charge in [0.2, 0.25) is 0 Å². The van der Waals surface area contributed by atoms with Gasteiger partial charge in [-0.1, -0.05) is 69.4 Å². The van der Waals surface area contributed by atoms with Crippen molar-refractivity contribution >= 4 is 0 Å². The van der Waals surface area contributed by atoms with Gasteiger partial charge in [0.25, 0.3) is 0 Å². The lowest BCUT2D eigenvalue weighted by Gasteiger charge is -2.29. The molecule has 0 aliphatic rings. The molecule has 1 rings (SSSR count). The smallest absolute Gasteiger partial charge is 0.241 e. The molecule has 1 atom stereocenters. The van der Waals surface area contributed by atoms with Crippen LogP contribution in [0, 0.1) is 0 Å². The van der Waals surface area contributed by atoms with E-state index in [1.807, 2.05) is 6.92 Å². The highest BCUT2D eigenvalue weighted by Crippen LogP contribution is 2.46. The largest absolute Gasteiger partial charge is 0.344 e. The van der Waals surface area contributed by atoms with Crippen LogP contribution in [-0.2, 0) is 5.92 Å². The van der Waals surface area contributed by atoms with E-state index in [4.69, 9.17) is 0 Å². The van der Waals surface area contributed by atoms with Crippen LogP contribution in [-0.4, -0.2) is 12.1 Å². The molecule has 5 heteroatoms. The third-order valence-corrected chi connectivity index (χ3v) is 3.51. The molecule has 0 amide bonds. The molecule has 0 heterocycles. The summed E-state index contributed by atoms with van der Waals surface area (Å²) < 4.78 is 68.8. The Kier molecular flexibility index (Phi) is 6.62. The predicted molar refractivity (Wildman–Crippen MR) is 73.6 cm³/mol. The summed E-state index contributed by atoms with van der Waals surface area (Å²) in [4.78, 5) is 0. The lowest BCUT2D eigenvalue weighted by atomic mass is 9.95. The highest BCUT2D eigenvalue weighted by molar-refractivity contribution is 5.23. The van der Waals surface area contributed by atoms with E-state index in [-0.39, 0.29) is 6.42 Å². The van der Waals surface area contributed by atoms with Gasteiger partial charge in [0.05, 0.1) is 0 Å². The van der Waals surface area contributed by atoms with Crippen LogP contribution >= 0.6 is 0 Å². The average molecular weight is 308 g/mol. The zero-order valence-electron chi connectivity index (χ0n) is 12.1. The maximum absolute atomic E-state index is 13.8. The van der Waals surface area contributed by atoms with Gasteiger partial charge in [-0.2, -0.15) is 17.6 Å². The van der Waals surface area contributed by atoms with Crippen molar-refractivity contribution in [2.24, 2.45) is 0 Å². The molecule has 0 radical (unpaired) electrons. The predicted octanol–water partition coefficient (Wildman–Crippen LogP) is 6.11. The summed E-state index contributed by atoms with van der Waals surface area (Å²) in [5.74, 6) is -9.20. The summed E-state index contributed by atoms with van der Waals surface area (Å²) in [6.45, 7) is 1.99. The quantitative estimate of drug-likeness (QED) is 0.381. The fourth-order valence-electron chi connectivity index (χ4n) is 2.14. The zero-order valence-corrected chi connectivity index (χ0v) is 12.1. The molecule has 0 bridgehead atoms. The first-order valence-electron chi connectivity index (χ1n) is 7.29. The zero-order chi connectivity index (χ0) is 15.9. The fourth-order valence-corrected chi connectivity index (χ4v) is 2.14. The molecule has 1 unspecified atom stereocenters. The topological polar surface area (TPSA) is 0 Å². The molecule has 1 aromatic carbocycles. The van der Waals surface area contributed by atoms with Crippen LogP contribution < -0.4 is 0 Å². The van der Waals surface area contributed by atoms with Crippen LogP contribution in [0.25, 0.3) is 0 Å². The molecule has 1 aromatic rings. The summed E-state index contributed by atoms with van der Waals surface area (Å²) in [6.07, 6.45) is 0.120. The van der Waals surface area contributed by atoms with Crippen molar-refractivity contribution in [2.45, 2.75) is 63.5 Å². The van der Waals surface area contributed by atoms with Crippen molar-refractivity contribution in [3.05, 3.63) is 35.9 Å². The monoisotopic (exact) mass is 308 g/mol. The van der Waals surface area contributed by atoms with Crippen molar-refractivity contribution in [1.29, 1.82) is 0 Å². The first-order valence-corrected chi connectivity index (χ1v) is 7.29. The van der Waals surface area contributed by atoms with E-state index in [9.17, 15) is 22.0 Å². The average Bonchev–Trinajstić information content (AvgIpc) is 2.47. The van der Waals surface area contributed by atoms with Crippen molar-refractivity contribution < 1.29 is 22.0 Å². The second kappa shape index (κ2) is 7.76. The van der Waals surface area contributed by atoms with Crippen LogP contribution in [0.15, 0.2) is 30.3 Å². The van der Waals surface area contributed by atoms with Gasteiger partial charge in [-0.15, -0.1) is 0 Å². The SMILES string of the molecule is CCCCCCCC(F)C(F)(F)C(F)(F)c1ccccc1. The summed E-state index contributed by atoms with van der Waals surface area (Å²) in [6, 6.07) is 5.69. The Labute approximate surface area is 122 Å². The third-order valence-electron chi connectivity index (χ3n) is 3.51. The van der Waals surface area contributed by atoms with Crippen LogP contribution in [0.4, 0.5) is 22.0 Å². The second-order valence-corrected chi connectivity index (χ2v) is 5.23. The van der Waals surface area contributed by atoms with Gasteiger partial charge in [0.15, 0.2) is 6.17 Å². The minimum absolute atomic E-state index is 0.196. The number of hydrogen-bond donors (Lipinski definition) is 0. The lowest BCUT2D eigenvalue weighted by Crippen LogP contribution is -2.45. The van der Waals surface area contributed by atoms with E-state index in [2.05, 4.69) is 0 Å². The Morgan fingerprint density at radius 1 is 0.905 bits per heavy atom. The number of halogens is 5. The van der Waals surface area contributed by atoms with Gasteiger partial charge < -0.3 is 0 Å². The molecule has 0 saturated carbocycles. The van der Waals surface area contributed by atoms with E-state index < -0.39 is 30.0 Å². The van der Waals surface area contributed by atoms with Gasteiger partial charge in [-0.05, 0) is 6.42 Å². The Morgan fingerprint density at radius 3 is 2.05 bits per heavy atom. The minimum Gasteiger partial charge on any atom is -0.241 e.